The Labute approximate surface area is 138 Å². The van der Waals surface area contributed by atoms with Crippen molar-refractivity contribution in [1.82, 2.24) is 0 Å². The maximum Gasteiger partial charge on any atom is 0.0825 e. The van der Waals surface area contributed by atoms with Crippen molar-refractivity contribution < 1.29 is 49.4 Å². The number of hydrogen-bond donors (Lipinski definition) is 3. The van der Waals surface area contributed by atoms with Crippen molar-refractivity contribution in [2.24, 2.45) is 0 Å². The van der Waals surface area contributed by atoms with Gasteiger partial charge in [-0.1, -0.05) is 41.5 Å². The average molecular weight is 332 g/mol. The van der Waals surface area contributed by atoms with Crippen LogP contribution in [-0.2, 0) is 32.7 Å². The zero-order chi connectivity index (χ0) is 13.8. The molecule has 4 heteroatoms. The van der Waals surface area contributed by atoms with Gasteiger partial charge in [0, 0.05) is 38.5 Å². The van der Waals surface area contributed by atoms with Gasteiger partial charge >= 0.3 is 0 Å². The molecule has 2 rings (SSSR count). The zero-order valence-electron chi connectivity index (χ0n) is 11.1. The van der Waals surface area contributed by atoms with Crippen molar-refractivity contribution >= 4 is 5.57 Å². The van der Waals surface area contributed by atoms with E-state index in [1.54, 1.807) is 36.4 Å². The number of benzene rings is 2. The molecule has 0 saturated heterocycles. The Morgan fingerprint density at radius 1 is 1.00 bits per heavy atom. The van der Waals surface area contributed by atoms with Gasteiger partial charge in [-0.3, -0.25) is 0 Å². The molecule has 2 aromatic carbocycles. The second-order valence-electron chi connectivity index (χ2n) is 3.70. The number of phenols is 2. The van der Waals surface area contributed by atoms with Crippen molar-refractivity contribution in [1.29, 1.82) is 0 Å². The minimum atomic E-state index is -1.56. The molecule has 19 heavy (non-hydrogen) atoms. The van der Waals surface area contributed by atoms with E-state index in [9.17, 15) is 15.3 Å². The first-order chi connectivity index (χ1) is 9.09. The van der Waals surface area contributed by atoms with E-state index in [2.05, 4.69) is 6.08 Å². The van der Waals surface area contributed by atoms with Gasteiger partial charge in [-0.2, -0.15) is 0 Å². The third kappa shape index (κ3) is 3.90. The molecule has 3 N–H and O–H groups in total. The van der Waals surface area contributed by atoms with Crippen LogP contribution in [0.4, 0.5) is 0 Å². The minimum Gasteiger partial charge on any atom is -0.551 e. The van der Waals surface area contributed by atoms with Gasteiger partial charge in [0.2, 0.25) is 0 Å². The Hall–Kier alpha value is -1.16. The number of aliphatic hydroxyl groups excluding tert-OH is 1. The summed E-state index contributed by atoms with van der Waals surface area (Å²) in [5, 5.41) is 29.0. The van der Waals surface area contributed by atoms with E-state index < -0.39 is 6.58 Å². The largest absolute Gasteiger partial charge is 0.551 e. The van der Waals surface area contributed by atoms with E-state index >= 15 is 0 Å². The van der Waals surface area contributed by atoms with Gasteiger partial charge in [-0.15, -0.1) is 23.8 Å². The Kier molecular flexibility index (Phi) is 5.58. The van der Waals surface area contributed by atoms with Crippen LogP contribution in [0.25, 0.3) is 5.57 Å². The quantitative estimate of drug-likeness (QED) is 0.597. The van der Waals surface area contributed by atoms with E-state index in [1.165, 1.54) is 12.1 Å². The van der Waals surface area contributed by atoms with Gasteiger partial charge in [0.15, 0.2) is 0 Å². The van der Waals surface area contributed by atoms with Crippen LogP contribution in [0.1, 0.15) is 12.5 Å². The molecule has 0 aliphatic rings. The summed E-state index contributed by atoms with van der Waals surface area (Å²) in [5.74, 6) is -0.0530. The van der Waals surface area contributed by atoms with Crippen molar-refractivity contribution in [2.75, 3.05) is 6.58 Å². The van der Waals surface area contributed by atoms with Gasteiger partial charge in [0.25, 0.3) is 0 Å². The van der Waals surface area contributed by atoms with Crippen LogP contribution in [-0.4, -0.2) is 21.9 Å². The molecule has 0 aliphatic heterocycles. The zero-order valence-corrected chi connectivity index (χ0v) is 13.0. The Balaban J connectivity index is 0.00000200. The number of aromatic hydroxyl groups is 2. The molecule has 95 valence electrons. The van der Waals surface area contributed by atoms with Gasteiger partial charge in [0.1, 0.15) is 0 Å². The molecule has 1 unspecified atom stereocenters. The normalized spacial score (nSPS) is 13.3. The number of aliphatic hydroxyl groups is 1. The van der Waals surface area contributed by atoms with Crippen LogP contribution >= 0.6 is 0 Å². The average Bonchev–Trinajstić information content (AvgIpc) is 2.38. The summed E-state index contributed by atoms with van der Waals surface area (Å²) in [6.07, 6.45) is 2.77. The summed E-state index contributed by atoms with van der Waals surface area (Å²) in [6, 6.07) is 12.8. The molecule has 0 aliphatic carbocycles. The summed E-state index contributed by atoms with van der Waals surface area (Å²) in [5.41, 5.74) is 0.764. The SMILES string of the molecule is [3H]C(O)C(=[C-]c1ccccc1O)c1ccccc1O.[Y]. The number of phenolic OH excluding ortho intramolecular Hbond substituents is 2. The molecule has 0 fully saturated rings. The molecule has 0 amide bonds. The van der Waals surface area contributed by atoms with Crippen molar-refractivity contribution in [3.63, 3.8) is 0 Å². The van der Waals surface area contributed by atoms with Gasteiger partial charge in [0.05, 0.1) is 13.7 Å². The first-order valence-electron chi connectivity index (χ1n) is 5.98. The van der Waals surface area contributed by atoms with Gasteiger partial charge in [-0.05, 0) is 6.07 Å². The van der Waals surface area contributed by atoms with E-state index in [4.69, 9.17) is 1.37 Å². The number of rotatable bonds is 3. The summed E-state index contributed by atoms with van der Waals surface area (Å²) in [4.78, 5) is 0. The second-order valence-corrected chi connectivity index (χ2v) is 3.70. The smallest absolute Gasteiger partial charge is 0.0825 e. The fourth-order valence-electron chi connectivity index (χ4n) is 1.59. The van der Waals surface area contributed by atoms with Crippen LogP contribution in [0.15, 0.2) is 48.5 Å². The Morgan fingerprint density at radius 2 is 1.58 bits per heavy atom. The molecule has 0 saturated carbocycles. The third-order valence-corrected chi connectivity index (χ3v) is 2.50. The molecular weight excluding hydrogens is 317 g/mol. The van der Waals surface area contributed by atoms with Crippen LogP contribution in [0, 0.1) is 6.08 Å². The first-order valence-corrected chi connectivity index (χ1v) is 5.40. The van der Waals surface area contributed by atoms with Gasteiger partial charge < -0.3 is 15.3 Å². The fraction of sp³-hybridized carbons (Fsp3) is 0.0667. The molecule has 1 radical (unpaired) electrons. The van der Waals surface area contributed by atoms with Crippen LogP contribution in [0.2, 0.25) is 0 Å². The standard InChI is InChI=1S/C15H13O3.Y/c16-10-12(13-6-2-4-8-15(13)18)9-11-5-1-3-7-14(11)17;/h1-8,16-18H,10H2;/q-1;/i10T;. The summed E-state index contributed by atoms with van der Waals surface area (Å²) < 4.78 is 7.45. The minimum absolute atomic E-state index is 0. The number of para-hydroxylation sites is 2. The Morgan fingerprint density at radius 3 is 2.16 bits per heavy atom. The molecule has 0 aromatic heterocycles. The van der Waals surface area contributed by atoms with Crippen molar-refractivity contribution in [3.8, 4) is 11.5 Å². The van der Waals surface area contributed by atoms with Gasteiger partial charge in [-0.25, -0.2) is 0 Å². The maximum absolute atomic E-state index is 9.76. The first kappa shape index (κ1) is 14.3. The van der Waals surface area contributed by atoms with E-state index in [0.29, 0.717) is 11.1 Å². The molecule has 0 spiro atoms. The summed E-state index contributed by atoms with van der Waals surface area (Å²) >= 11 is 0. The van der Waals surface area contributed by atoms with Crippen molar-refractivity contribution in [2.45, 2.75) is 0 Å². The fourth-order valence-corrected chi connectivity index (χ4v) is 1.59. The molecular formula is C15H13O3Y-. The molecule has 0 heterocycles. The third-order valence-electron chi connectivity index (χ3n) is 2.50. The summed E-state index contributed by atoms with van der Waals surface area (Å²) in [6.45, 7) is -1.56. The summed E-state index contributed by atoms with van der Waals surface area (Å²) in [7, 11) is 0. The predicted octanol–water partition coefficient (Wildman–Crippen LogP) is 2.32. The monoisotopic (exact) mass is 332 g/mol. The van der Waals surface area contributed by atoms with Crippen molar-refractivity contribution in [3.05, 3.63) is 65.7 Å². The van der Waals surface area contributed by atoms with E-state index in [-0.39, 0.29) is 49.8 Å². The second kappa shape index (κ2) is 7.44. The Bertz CT molecular complexity index is 612. The molecule has 3 nitrogen and oxygen atoms in total. The van der Waals surface area contributed by atoms with E-state index in [1.807, 2.05) is 0 Å². The predicted molar refractivity (Wildman–Crippen MR) is 69.1 cm³/mol. The molecule has 2 aromatic rings. The molecule has 1 atom stereocenters. The van der Waals surface area contributed by atoms with Crippen LogP contribution < -0.4 is 0 Å². The van der Waals surface area contributed by atoms with E-state index in [0.717, 1.165) is 0 Å². The topological polar surface area (TPSA) is 60.7 Å². The molecule has 0 bridgehead atoms. The maximum atomic E-state index is 9.76. The van der Waals surface area contributed by atoms with Crippen LogP contribution in [0.5, 0.6) is 11.5 Å². The van der Waals surface area contributed by atoms with Crippen LogP contribution in [0.3, 0.4) is 0 Å². The number of hydrogen-bond acceptors (Lipinski definition) is 3.